The van der Waals surface area contributed by atoms with Crippen LogP contribution >= 0.6 is 11.6 Å². The van der Waals surface area contributed by atoms with Gasteiger partial charge in [0.1, 0.15) is 17.7 Å². The third-order valence-corrected chi connectivity index (χ3v) is 5.15. The number of benzene rings is 1. The average molecular weight is 378 g/mol. The van der Waals surface area contributed by atoms with Crippen LogP contribution in [0.5, 0.6) is 0 Å². The summed E-state index contributed by atoms with van der Waals surface area (Å²) in [6.07, 6.45) is 0.952. The maximum absolute atomic E-state index is 12.5. The molecule has 0 atom stereocenters. The Kier molecular flexibility index (Phi) is 4.82. The number of hydrogen-bond acceptors (Lipinski definition) is 4. The van der Waals surface area contributed by atoms with Gasteiger partial charge in [-0.2, -0.15) is 0 Å². The molecule has 0 amide bonds. The van der Waals surface area contributed by atoms with Crippen LogP contribution in [0.15, 0.2) is 30.6 Å². The minimum Gasteiger partial charge on any atom is -0.322 e. The van der Waals surface area contributed by atoms with E-state index in [0.717, 1.165) is 31.5 Å². The molecule has 0 radical (unpaired) electrons. The molecule has 5 nitrogen and oxygen atoms in total. The van der Waals surface area contributed by atoms with E-state index in [2.05, 4.69) is 32.1 Å². The number of halogens is 3. The van der Waals surface area contributed by atoms with Gasteiger partial charge in [-0.25, -0.2) is 23.7 Å². The van der Waals surface area contributed by atoms with Crippen LogP contribution < -0.4 is 0 Å². The van der Waals surface area contributed by atoms with E-state index >= 15 is 0 Å². The summed E-state index contributed by atoms with van der Waals surface area (Å²) in [7, 11) is 0. The molecule has 4 rings (SSSR count). The summed E-state index contributed by atoms with van der Waals surface area (Å²) in [6, 6.07) is 8.20. The fourth-order valence-corrected chi connectivity index (χ4v) is 3.67. The van der Waals surface area contributed by atoms with Crippen molar-refractivity contribution < 1.29 is 8.78 Å². The van der Waals surface area contributed by atoms with Crippen LogP contribution in [0.4, 0.5) is 8.78 Å². The van der Waals surface area contributed by atoms with Gasteiger partial charge in [0, 0.05) is 5.56 Å². The van der Waals surface area contributed by atoms with Gasteiger partial charge >= 0.3 is 0 Å². The summed E-state index contributed by atoms with van der Waals surface area (Å²) >= 11 is 6.04. The predicted octanol–water partition coefficient (Wildman–Crippen LogP) is 4.12. The number of aromatic nitrogens is 4. The molecule has 1 aliphatic rings. The van der Waals surface area contributed by atoms with Gasteiger partial charge in [-0.1, -0.05) is 35.9 Å². The van der Waals surface area contributed by atoms with Crippen LogP contribution in [0.2, 0.25) is 5.15 Å². The van der Waals surface area contributed by atoms with Crippen molar-refractivity contribution in [3.8, 4) is 11.4 Å². The fraction of sp³-hybridized carbons (Fsp3) is 0.389. The third-order valence-electron chi connectivity index (χ3n) is 4.88. The number of nitrogens with one attached hydrogen (secondary N) is 1. The van der Waals surface area contributed by atoms with Crippen molar-refractivity contribution in [1.82, 2.24) is 24.8 Å². The SMILES string of the molecule is FC(F)CN1CCC(c2ccc(-c3nc4c(Cl)ncnc4[nH]3)cc2)CC1. The van der Waals surface area contributed by atoms with E-state index in [0.29, 0.717) is 28.1 Å². The van der Waals surface area contributed by atoms with Crippen molar-refractivity contribution in [2.24, 2.45) is 0 Å². The zero-order valence-electron chi connectivity index (χ0n) is 14.0. The summed E-state index contributed by atoms with van der Waals surface area (Å²) < 4.78 is 25.0. The van der Waals surface area contributed by atoms with E-state index in [1.165, 1.54) is 11.9 Å². The third kappa shape index (κ3) is 3.54. The molecule has 3 heterocycles. The van der Waals surface area contributed by atoms with Gasteiger partial charge in [-0.15, -0.1) is 0 Å². The monoisotopic (exact) mass is 377 g/mol. The summed E-state index contributed by atoms with van der Waals surface area (Å²) in [4.78, 5) is 17.5. The topological polar surface area (TPSA) is 57.7 Å². The molecule has 2 aromatic heterocycles. The first kappa shape index (κ1) is 17.3. The second-order valence-corrected chi connectivity index (χ2v) is 6.89. The second-order valence-electron chi connectivity index (χ2n) is 6.54. The van der Waals surface area contributed by atoms with Gasteiger partial charge in [0.2, 0.25) is 0 Å². The summed E-state index contributed by atoms with van der Waals surface area (Å²) in [5, 5.41) is 0.324. The smallest absolute Gasteiger partial charge is 0.251 e. The lowest BCUT2D eigenvalue weighted by Gasteiger charge is -2.31. The molecule has 136 valence electrons. The molecule has 3 aromatic rings. The van der Waals surface area contributed by atoms with E-state index in [9.17, 15) is 8.78 Å². The highest BCUT2D eigenvalue weighted by atomic mass is 35.5. The molecule has 26 heavy (non-hydrogen) atoms. The lowest BCUT2D eigenvalue weighted by Crippen LogP contribution is -2.36. The molecule has 1 N–H and O–H groups in total. The number of fused-ring (bicyclic) bond motifs is 1. The number of alkyl halides is 2. The number of rotatable bonds is 4. The van der Waals surface area contributed by atoms with E-state index in [1.807, 2.05) is 17.0 Å². The standard InChI is InChI=1S/C18H18ClF2N5/c19-16-15-18(23-10-22-16)25-17(24-15)13-3-1-11(2-4-13)12-5-7-26(8-6-12)9-14(20)21/h1-4,10,12,14H,5-9H2,(H,22,23,24,25). The van der Waals surface area contributed by atoms with Gasteiger partial charge in [0.15, 0.2) is 10.8 Å². The van der Waals surface area contributed by atoms with Crippen molar-refractivity contribution in [1.29, 1.82) is 0 Å². The van der Waals surface area contributed by atoms with E-state index in [1.54, 1.807) is 0 Å². The number of hydrogen-bond donors (Lipinski definition) is 1. The minimum atomic E-state index is -2.26. The highest BCUT2D eigenvalue weighted by Crippen LogP contribution is 2.30. The Labute approximate surface area is 154 Å². The zero-order chi connectivity index (χ0) is 18.1. The lowest BCUT2D eigenvalue weighted by atomic mass is 9.89. The van der Waals surface area contributed by atoms with Gasteiger partial charge in [0.05, 0.1) is 6.54 Å². The first-order chi connectivity index (χ1) is 12.6. The molecule has 1 fully saturated rings. The quantitative estimate of drug-likeness (QED) is 0.695. The van der Waals surface area contributed by atoms with Crippen LogP contribution in [-0.4, -0.2) is 50.9 Å². The second kappa shape index (κ2) is 7.25. The molecule has 1 saturated heterocycles. The molecule has 0 bridgehead atoms. The summed E-state index contributed by atoms with van der Waals surface area (Å²) in [5.74, 6) is 1.11. The van der Waals surface area contributed by atoms with Gasteiger partial charge in [-0.3, -0.25) is 4.90 Å². The Balaban J connectivity index is 1.47. The van der Waals surface area contributed by atoms with E-state index in [4.69, 9.17) is 11.6 Å². The number of likely N-dealkylation sites (tertiary alicyclic amines) is 1. The van der Waals surface area contributed by atoms with Crippen molar-refractivity contribution in [3.63, 3.8) is 0 Å². The van der Waals surface area contributed by atoms with Crippen molar-refractivity contribution >= 4 is 22.8 Å². The Morgan fingerprint density at radius 1 is 1.15 bits per heavy atom. The summed E-state index contributed by atoms with van der Waals surface area (Å²) in [6.45, 7) is 1.32. The van der Waals surface area contributed by atoms with Gasteiger partial charge < -0.3 is 4.98 Å². The Hall–Kier alpha value is -2.12. The summed E-state index contributed by atoms with van der Waals surface area (Å²) in [5.41, 5.74) is 3.34. The first-order valence-corrected chi connectivity index (χ1v) is 8.95. The first-order valence-electron chi connectivity index (χ1n) is 8.57. The molecule has 8 heteroatoms. The van der Waals surface area contributed by atoms with E-state index < -0.39 is 6.43 Å². The van der Waals surface area contributed by atoms with Crippen LogP contribution in [0.1, 0.15) is 24.3 Å². The molecule has 0 aliphatic carbocycles. The maximum Gasteiger partial charge on any atom is 0.251 e. The highest BCUT2D eigenvalue weighted by Gasteiger charge is 2.22. The normalized spacial score (nSPS) is 16.6. The average Bonchev–Trinajstić information content (AvgIpc) is 3.08. The number of piperidine rings is 1. The number of imidazole rings is 1. The zero-order valence-corrected chi connectivity index (χ0v) is 14.8. The molecule has 0 spiro atoms. The predicted molar refractivity (Wildman–Crippen MR) is 96.5 cm³/mol. The van der Waals surface area contributed by atoms with Gasteiger partial charge in [0.25, 0.3) is 6.43 Å². The molecule has 0 saturated carbocycles. The Morgan fingerprint density at radius 2 is 1.88 bits per heavy atom. The number of H-pyrrole nitrogens is 1. The van der Waals surface area contributed by atoms with Crippen molar-refractivity contribution in [2.45, 2.75) is 25.2 Å². The Morgan fingerprint density at radius 3 is 2.54 bits per heavy atom. The molecule has 0 unspecified atom stereocenters. The van der Waals surface area contributed by atoms with E-state index in [-0.39, 0.29) is 6.54 Å². The van der Waals surface area contributed by atoms with Crippen molar-refractivity contribution in [3.05, 3.63) is 41.3 Å². The minimum absolute atomic E-state index is 0.122. The lowest BCUT2D eigenvalue weighted by molar-refractivity contribution is 0.0754. The maximum atomic E-state index is 12.5. The largest absolute Gasteiger partial charge is 0.322 e. The molecular weight excluding hydrogens is 360 g/mol. The van der Waals surface area contributed by atoms with Crippen LogP contribution in [0, 0.1) is 0 Å². The molecule has 1 aromatic carbocycles. The Bertz CT molecular complexity index is 888. The van der Waals surface area contributed by atoms with Crippen LogP contribution in [0.3, 0.4) is 0 Å². The van der Waals surface area contributed by atoms with Gasteiger partial charge in [-0.05, 0) is 37.4 Å². The molecular formula is C18H18ClF2N5. The fourth-order valence-electron chi connectivity index (χ4n) is 3.49. The molecule has 1 aliphatic heterocycles. The highest BCUT2D eigenvalue weighted by molar-refractivity contribution is 6.33. The van der Waals surface area contributed by atoms with Crippen molar-refractivity contribution in [2.75, 3.05) is 19.6 Å². The number of aromatic amines is 1. The number of nitrogens with zero attached hydrogens (tertiary/aromatic N) is 4. The van der Waals surface area contributed by atoms with Crippen LogP contribution in [-0.2, 0) is 0 Å². The van der Waals surface area contributed by atoms with Crippen LogP contribution in [0.25, 0.3) is 22.6 Å².